The predicted molar refractivity (Wildman–Crippen MR) is 39.4 cm³/mol. The molecule has 0 saturated carbocycles. The lowest BCUT2D eigenvalue weighted by atomic mass is 10.3. The van der Waals surface area contributed by atoms with E-state index in [1.54, 1.807) is 6.07 Å². The second kappa shape index (κ2) is 5.45. The molecule has 4 nitrogen and oxygen atoms in total. The van der Waals surface area contributed by atoms with Crippen LogP contribution in [0.1, 0.15) is 6.42 Å². The van der Waals surface area contributed by atoms with E-state index in [0.717, 1.165) is 0 Å². The first-order chi connectivity index (χ1) is 5.22. The van der Waals surface area contributed by atoms with Crippen LogP contribution in [-0.2, 0) is 9.53 Å². The van der Waals surface area contributed by atoms with Crippen molar-refractivity contribution >= 4 is 5.97 Å². The van der Waals surface area contributed by atoms with E-state index in [1.165, 1.54) is 0 Å². The van der Waals surface area contributed by atoms with Crippen LogP contribution in [0.4, 0.5) is 0 Å². The van der Waals surface area contributed by atoms with E-state index in [4.69, 9.17) is 11.0 Å². The normalized spacial score (nSPS) is 8.36. The highest BCUT2D eigenvalue weighted by atomic mass is 16.5. The van der Waals surface area contributed by atoms with Crippen molar-refractivity contribution in [3.05, 3.63) is 12.2 Å². The zero-order chi connectivity index (χ0) is 8.69. The van der Waals surface area contributed by atoms with Gasteiger partial charge >= 0.3 is 5.97 Å². The first-order valence-corrected chi connectivity index (χ1v) is 3.18. The number of esters is 1. The molecule has 0 aromatic heterocycles. The molecule has 0 aliphatic heterocycles. The Labute approximate surface area is 65.2 Å². The van der Waals surface area contributed by atoms with Crippen LogP contribution in [0, 0.1) is 11.3 Å². The molecule has 2 N–H and O–H groups in total. The van der Waals surface area contributed by atoms with Crippen LogP contribution in [0.5, 0.6) is 0 Å². The summed E-state index contributed by atoms with van der Waals surface area (Å²) in [6, 6.07) is 1.59. The lowest BCUT2D eigenvalue weighted by molar-refractivity contribution is -0.138. The van der Waals surface area contributed by atoms with Gasteiger partial charge in [-0.05, 0) is 13.0 Å². The van der Waals surface area contributed by atoms with Gasteiger partial charge < -0.3 is 10.5 Å². The number of nitriles is 1. The van der Waals surface area contributed by atoms with Crippen LogP contribution < -0.4 is 5.73 Å². The Kier molecular flexibility index (Phi) is 4.78. The molecule has 0 radical (unpaired) electrons. The molecule has 0 saturated heterocycles. The number of hydrogen-bond donors (Lipinski definition) is 1. The molecule has 0 unspecified atom stereocenters. The Morgan fingerprint density at radius 2 is 2.36 bits per heavy atom. The number of ether oxygens (including phenoxy) is 1. The minimum absolute atomic E-state index is 0.179. The third-order valence-electron chi connectivity index (χ3n) is 0.963. The van der Waals surface area contributed by atoms with Crippen LogP contribution in [-0.4, -0.2) is 19.1 Å². The standard InChI is InChI=1S/C7H10N2O2/c1-6(5-9)7(10)11-4-2-3-8/h1-4,8H2. The summed E-state index contributed by atoms with van der Waals surface area (Å²) >= 11 is 0. The molecule has 60 valence electrons. The summed E-state index contributed by atoms with van der Waals surface area (Å²) in [4.78, 5) is 10.7. The molecule has 0 atom stereocenters. The number of hydrogen-bond acceptors (Lipinski definition) is 4. The Bertz CT molecular complexity index is 193. The molecule has 0 aromatic rings. The molecule has 11 heavy (non-hydrogen) atoms. The molecule has 4 heteroatoms. The van der Waals surface area contributed by atoms with Gasteiger partial charge in [0.05, 0.1) is 6.61 Å². The van der Waals surface area contributed by atoms with Gasteiger partial charge in [-0.15, -0.1) is 0 Å². The summed E-state index contributed by atoms with van der Waals surface area (Å²) in [5, 5.41) is 8.19. The van der Waals surface area contributed by atoms with E-state index in [1.807, 2.05) is 0 Å². The van der Waals surface area contributed by atoms with Crippen molar-refractivity contribution in [2.45, 2.75) is 6.42 Å². The monoisotopic (exact) mass is 154 g/mol. The number of rotatable bonds is 4. The van der Waals surface area contributed by atoms with Gasteiger partial charge in [-0.25, -0.2) is 4.79 Å². The van der Waals surface area contributed by atoms with Crippen LogP contribution in [0.15, 0.2) is 12.2 Å². The van der Waals surface area contributed by atoms with Crippen LogP contribution >= 0.6 is 0 Å². The molecule has 0 rings (SSSR count). The summed E-state index contributed by atoms with van der Waals surface area (Å²) in [6.07, 6.45) is 0.602. The first kappa shape index (κ1) is 9.66. The zero-order valence-corrected chi connectivity index (χ0v) is 6.17. The van der Waals surface area contributed by atoms with Crippen LogP contribution in [0.2, 0.25) is 0 Å². The van der Waals surface area contributed by atoms with Gasteiger partial charge in [0, 0.05) is 0 Å². The SMILES string of the molecule is C=C(C#N)C(=O)OCCCN. The second-order valence-electron chi connectivity index (χ2n) is 1.87. The highest BCUT2D eigenvalue weighted by Gasteiger charge is 2.05. The zero-order valence-electron chi connectivity index (χ0n) is 6.17. The molecular formula is C7H10N2O2. The van der Waals surface area contributed by atoms with Crippen LogP contribution in [0.3, 0.4) is 0 Å². The van der Waals surface area contributed by atoms with Gasteiger partial charge in [-0.1, -0.05) is 6.58 Å². The fourth-order valence-electron chi connectivity index (χ4n) is 0.381. The average molecular weight is 154 g/mol. The summed E-state index contributed by atoms with van der Waals surface area (Å²) in [5.41, 5.74) is 4.97. The molecule has 0 aliphatic carbocycles. The Balaban J connectivity index is 3.55. The molecule has 0 aliphatic rings. The molecule has 0 bridgehead atoms. The Hall–Kier alpha value is -1.34. The molecular weight excluding hydrogens is 144 g/mol. The smallest absolute Gasteiger partial charge is 0.348 e. The molecule has 0 amide bonds. The Morgan fingerprint density at radius 3 is 2.82 bits per heavy atom. The van der Waals surface area contributed by atoms with Crippen molar-refractivity contribution < 1.29 is 9.53 Å². The van der Waals surface area contributed by atoms with Crippen LogP contribution in [0.25, 0.3) is 0 Å². The van der Waals surface area contributed by atoms with Gasteiger partial charge in [0.15, 0.2) is 0 Å². The third-order valence-corrected chi connectivity index (χ3v) is 0.963. The lowest BCUT2D eigenvalue weighted by Gasteiger charge is -1.99. The number of nitrogens with zero attached hydrogens (tertiary/aromatic N) is 1. The van der Waals surface area contributed by atoms with E-state index >= 15 is 0 Å². The van der Waals surface area contributed by atoms with E-state index < -0.39 is 5.97 Å². The van der Waals surface area contributed by atoms with Gasteiger partial charge in [0.25, 0.3) is 0 Å². The fraction of sp³-hybridized carbons (Fsp3) is 0.429. The molecule has 0 heterocycles. The van der Waals surface area contributed by atoms with Gasteiger partial charge in [0.2, 0.25) is 0 Å². The van der Waals surface area contributed by atoms with Gasteiger partial charge in [-0.2, -0.15) is 5.26 Å². The number of nitrogens with two attached hydrogens (primary N) is 1. The fourth-order valence-corrected chi connectivity index (χ4v) is 0.381. The second-order valence-corrected chi connectivity index (χ2v) is 1.87. The molecule has 0 fully saturated rings. The minimum Gasteiger partial charge on any atom is -0.462 e. The van der Waals surface area contributed by atoms with Crippen molar-refractivity contribution in [1.82, 2.24) is 0 Å². The maximum absolute atomic E-state index is 10.7. The summed E-state index contributed by atoms with van der Waals surface area (Å²) < 4.78 is 4.59. The average Bonchev–Trinajstić information content (AvgIpc) is 2.03. The maximum Gasteiger partial charge on any atom is 0.348 e. The third kappa shape index (κ3) is 4.12. The Morgan fingerprint density at radius 1 is 1.73 bits per heavy atom. The summed E-state index contributed by atoms with van der Waals surface area (Å²) in [7, 11) is 0. The predicted octanol–water partition coefficient (Wildman–Crippen LogP) is -0.0418. The van der Waals surface area contributed by atoms with Gasteiger partial charge in [-0.3, -0.25) is 0 Å². The highest BCUT2D eigenvalue weighted by molar-refractivity contribution is 5.91. The van der Waals surface area contributed by atoms with Crippen molar-refractivity contribution in [3.63, 3.8) is 0 Å². The van der Waals surface area contributed by atoms with Crippen molar-refractivity contribution in [2.75, 3.05) is 13.2 Å². The van der Waals surface area contributed by atoms with Crippen molar-refractivity contribution in [1.29, 1.82) is 5.26 Å². The van der Waals surface area contributed by atoms with E-state index in [9.17, 15) is 4.79 Å². The largest absolute Gasteiger partial charge is 0.462 e. The quantitative estimate of drug-likeness (QED) is 0.267. The first-order valence-electron chi connectivity index (χ1n) is 3.18. The topological polar surface area (TPSA) is 76.1 Å². The summed E-state index contributed by atoms with van der Waals surface area (Å²) in [5.74, 6) is -0.666. The molecule has 0 spiro atoms. The van der Waals surface area contributed by atoms with Crippen molar-refractivity contribution in [2.24, 2.45) is 5.73 Å². The number of carbonyl (C=O) groups is 1. The highest BCUT2D eigenvalue weighted by Crippen LogP contribution is 1.92. The van der Waals surface area contributed by atoms with Crippen molar-refractivity contribution in [3.8, 4) is 6.07 Å². The lowest BCUT2D eigenvalue weighted by Crippen LogP contribution is -2.10. The minimum atomic E-state index is -0.666. The molecule has 0 aromatic carbocycles. The number of carbonyl (C=O) groups excluding carboxylic acids is 1. The van der Waals surface area contributed by atoms with E-state index in [0.29, 0.717) is 13.0 Å². The van der Waals surface area contributed by atoms with E-state index in [-0.39, 0.29) is 12.2 Å². The maximum atomic E-state index is 10.7. The van der Waals surface area contributed by atoms with Gasteiger partial charge in [0.1, 0.15) is 11.6 Å². The summed E-state index contributed by atoms with van der Waals surface area (Å²) in [6.45, 7) is 3.90. The van der Waals surface area contributed by atoms with E-state index in [2.05, 4.69) is 11.3 Å².